The second kappa shape index (κ2) is 3.61. The third-order valence-electron chi connectivity index (χ3n) is 3.50. The minimum atomic E-state index is 0.132. The van der Waals surface area contributed by atoms with Crippen LogP contribution in [0.1, 0.15) is 53.4 Å². The van der Waals surface area contributed by atoms with Gasteiger partial charge in [0.2, 0.25) is 0 Å². The largest absolute Gasteiger partial charge is 0.379 e. The molecule has 1 fully saturated rings. The number of hydrogen-bond acceptors (Lipinski definition) is 1. The van der Waals surface area contributed by atoms with Crippen LogP contribution in [-0.4, -0.2) is 12.7 Å². The first-order valence-corrected chi connectivity index (χ1v) is 5.42. The molecule has 2 atom stereocenters. The quantitative estimate of drug-likeness (QED) is 0.565. The lowest BCUT2D eigenvalue weighted by Crippen LogP contribution is -2.28. The van der Waals surface area contributed by atoms with Crippen LogP contribution >= 0.6 is 0 Å². The predicted molar refractivity (Wildman–Crippen MR) is 56.8 cm³/mol. The van der Waals surface area contributed by atoms with Crippen molar-refractivity contribution in [2.24, 2.45) is 11.3 Å². The molecule has 0 aromatic rings. The van der Waals surface area contributed by atoms with E-state index < -0.39 is 0 Å². The van der Waals surface area contributed by atoms with Gasteiger partial charge in [-0.1, -0.05) is 20.8 Å². The topological polar surface area (TPSA) is 9.23 Å². The van der Waals surface area contributed by atoms with Gasteiger partial charge in [0.1, 0.15) is 0 Å². The fourth-order valence-electron chi connectivity index (χ4n) is 2.74. The third-order valence-corrected chi connectivity index (χ3v) is 3.50. The number of rotatable bonds is 1. The van der Waals surface area contributed by atoms with E-state index in [-0.39, 0.29) is 5.60 Å². The summed E-state index contributed by atoms with van der Waals surface area (Å²) in [6, 6.07) is 0. The van der Waals surface area contributed by atoms with E-state index in [2.05, 4.69) is 27.7 Å². The highest BCUT2D eigenvalue weighted by Gasteiger charge is 2.35. The standard InChI is InChI=1S/C12H24O/c1-10-8-11(2,3)6-7-12(4,9-10)13-5/h10H,6-9H2,1-5H3. The van der Waals surface area contributed by atoms with Crippen molar-refractivity contribution >= 4 is 0 Å². The lowest BCUT2D eigenvalue weighted by atomic mass is 9.82. The maximum atomic E-state index is 5.62. The molecule has 1 heteroatoms. The SMILES string of the molecule is COC1(C)CCC(C)(C)CC(C)C1. The van der Waals surface area contributed by atoms with Gasteiger partial charge in [-0.3, -0.25) is 0 Å². The Morgan fingerprint density at radius 2 is 1.69 bits per heavy atom. The van der Waals surface area contributed by atoms with E-state index in [0.717, 1.165) is 5.92 Å². The molecule has 2 unspecified atom stereocenters. The molecule has 0 heterocycles. The molecule has 1 aliphatic rings. The minimum Gasteiger partial charge on any atom is -0.379 e. The van der Waals surface area contributed by atoms with Crippen molar-refractivity contribution in [2.45, 2.75) is 59.0 Å². The van der Waals surface area contributed by atoms with Crippen LogP contribution in [0.3, 0.4) is 0 Å². The van der Waals surface area contributed by atoms with E-state index in [1.54, 1.807) is 0 Å². The van der Waals surface area contributed by atoms with Gasteiger partial charge < -0.3 is 4.74 Å². The zero-order valence-electron chi connectivity index (χ0n) is 9.81. The molecule has 0 aliphatic heterocycles. The predicted octanol–water partition coefficient (Wildman–Crippen LogP) is 3.63. The molecule has 0 aromatic heterocycles. The number of ether oxygens (including phenoxy) is 1. The number of hydrogen-bond donors (Lipinski definition) is 0. The van der Waals surface area contributed by atoms with E-state index in [1.807, 2.05) is 7.11 Å². The Balaban J connectivity index is 2.69. The summed E-state index contributed by atoms with van der Waals surface area (Å²) in [7, 11) is 1.85. The van der Waals surface area contributed by atoms with Gasteiger partial charge in [-0.25, -0.2) is 0 Å². The summed E-state index contributed by atoms with van der Waals surface area (Å²) in [4.78, 5) is 0. The molecule has 1 saturated carbocycles. The van der Waals surface area contributed by atoms with Crippen LogP contribution in [0.5, 0.6) is 0 Å². The number of methoxy groups -OCH3 is 1. The van der Waals surface area contributed by atoms with Gasteiger partial charge >= 0.3 is 0 Å². The molecule has 0 bridgehead atoms. The van der Waals surface area contributed by atoms with Crippen molar-refractivity contribution < 1.29 is 4.74 Å². The summed E-state index contributed by atoms with van der Waals surface area (Å²) in [6.45, 7) is 9.37. The summed E-state index contributed by atoms with van der Waals surface area (Å²) in [5, 5.41) is 0. The summed E-state index contributed by atoms with van der Waals surface area (Å²) < 4.78 is 5.62. The minimum absolute atomic E-state index is 0.132. The van der Waals surface area contributed by atoms with Crippen LogP contribution in [-0.2, 0) is 4.74 Å². The molecule has 1 rings (SSSR count). The summed E-state index contributed by atoms with van der Waals surface area (Å²) in [5.41, 5.74) is 0.642. The van der Waals surface area contributed by atoms with Gasteiger partial charge in [0.15, 0.2) is 0 Å². The highest BCUT2D eigenvalue weighted by Crippen LogP contribution is 2.41. The Kier molecular flexibility index (Phi) is 3.06. The second-order valence-electron chi connectivity index (χ2n) is 5.83. The van der Waals surface area contributed by atoms with Crippen LogP contribution in [0.2, 0.25) is 0 Å². The lowest BCUT2D eigenvalue weighted by Gasteiger charge is -2.28. The molecule has 1 nitrogen and oxygen atoms in total. The molecule has 0 saturated heterocycles. The van der Waals surface area contributed by atoms with Crippen molar-refractivity contribution in [1.29, 1.82) is 0 Å². The first-order chi connectivity index (χ1) is 5.87. The van der Waals surface area contributed by atoms with Crippen LogP contribution < -0.4 is 0 Å². The molecule has 13 heavy (non-hydrogen) atoms. The van der Waals surface area contributed by atoms with Crippen molar-refractivity contribution in [3.8, 4) is 0 Å². The maximum absolute atomic E-state index is 5.62. The van der Waals surface area contributed by atoms with E-state index in [9.17, 15) is 0 Å². The van der Waals surface area contributed by atoms with Crippen molar-refractivity contribution in [3.63, 3.8) is 0 Å². The normalized spacial score (nSPS) is 39.9. The molecule has 0 N–H and O–H groups in total. The molecule has 0 amide bonds. The Labute approximate surface area is 82.9 Å². The van der Waals surface area contributed by atoms with Gasteiger partial charge in [-0.05, 0) is 43.9 Å². The third kappa shape index (κ3) is 2.98. The van der Waals surface area contributed by atoms with Crippen LogP contribution in [0.4, 0.5) is 0 Å². The Morgan fingerprint density at radius 3 is 2.23 bits per heavy atom. The first kappa shape index (κ1) is 11.0. The summed E-state index contributed by atoms with van der Waals surface area (Å²) in [6.07, 6.45) is 5.06. The highest BCUT2D eigenvalue weighted by atomic mass is 16.5. The molecule has 0 aromatic carbocycles. The summed E-state index contributed by atoms with van der Waals surface area (Å²) in [5.74, 6) is 0.794. The fourth-order valence-corrected chi connectivity index (χ4v) is 2.74. The van der Waals surface area contributed by atoms with E-state index in [1.165, 1.54) is 25.7 Å². The molecular weight excluding hydrogens is 160 g/mol. The molecule has 0 radical (unpaired) electrons. The summed E-state index contributed by atoms with van der Waals surface area (Å²) >= 11 is 0. The van der Waals surface area contributed by atoms with Crippen molar-refractivity contribution in [2.75, 3.05) is 7.11 Å². The van der Waals surface area contributed by atoms with E-state index in [0.29, 0.717) is 5.41 Å². The zero-order chi connectivity index (χ0) is 10.1. The van der Waals surface area contributed by atoms with Gasteiger partial charge in [-0.15, -0.1) is 0 Å². The molecule has 0 spiro atoms. The van der Waals surface area contributed by atoms with Crippen molar-refractivity contribution in [3.05, 3.63) is 0 Å². The monoisotopic (exact) mass is 184 g/mol. The fraction of sp³-hybridized carbons (Fsp3) is 1.00. The second-order valence-corrected chi connectivity index (χ2v) is 5.83. The molecule has 78 valence electrons. The zero-order valence-corrected chi connectivity index (χ0v) is 9.81. The molecule has 1 aliphatic carbocycles. The lowest BCUT2D eigenvalue weighted by molar-refractivity contribution is -0.0151. The first-order valence-electron chi connectivity index (χ1n) is 5.42. The Morgan fingerprint density at radius 1 is 1.08 bits per heavy atom. The van der Waals surface area contributed by atoms with E-state index in [4.69, 9.17) is 4.74 Å². The van der Waals surface area contributed by atoms with Crippen LogP contribution in [0.15, 0.2) is 0 Å². The Bertz CT molecular complexity index is 174. The van der Waals surface area contributed by atoms with Crippen molar-refractivity contribution in [1.82, 2.24) is 0 Å². The average Bonchev–Trinajstić information content (AvgIpc) is 2.09. The van der Waals surface area contributed by atoms with Gasteiger partial charge in [0.05, 0.1) is 5.60 Å². The maximum Gasteiger partial charge on any atom is 0.0653 e. The highest BCUT2D eigenvalue weighted by molar-refractivity contribution is 4.87. The van der Waals surface area contributed by atoms with Gasteiger partial charge in [0, 0.05) is 7.11 Å². The van der Waals surface area contributed by atoms with Gasteiger partial charge in [0.25, 0.3) is 0 Å². The van der Waals surface area contributed by atoms with Crippen LogP contribution in [0.25, 0.3) is 0 Å². The van der Waals surface area contributed by atoms with Gasteiger partial charge in [-0.2, -0.15) is 0 Å². The Hall–Kier alpha value is -0.0400. The smallest absolute Gasteiger partial charge is 0.0653 e. The molecular formula is C12H24O. The average molecular weight is 184 g/mol. The van der Waals surface area contributed by atoms with Crippen LogP contribution in [0, 0.1) is 11.3 Å². The van der Waals surface area contributed by atoms with E-state index >= 15 is 0 Å².